The summed E-state index contributed by atoms with van der Waals surface area (Å²) in [6.07, 6.45) is 2.58. The van der Waals surface area contributed by atoms with E-state index in [0.717, 1.165) is 18.4 Å². The summed E-state index contributed by atoms with van der Waals surface area (Å²) < 4.78 is 0. The predicted molar refractivity (Wildman–Crippen MR) is 96.2 cm³/mol. The molecule has 4 nitrogen and oxygen atoms in total. The molecule has 0 saturated heterocycles. The molecular weight excluding hydrogens is 322 g/mol. The highest BCUT2D eigenvalue weighted by atomic mass is 32.1. The largest absolute Gasteiger partial charge is 0.481 e. The van der Waals surface area contributed by atoms with Crippen LogP contribution in [0.15, 0.2) is 42.5 Å². The van der Waals surface area contributed by atoms with E-state index in [2.05, 4.69) is 24.4 Å². The van der Waals surface area contributed by atoms with E-state index in [0.29, 0.717) is 12.8 Å². The topological polar surface area (TPSA) is 66.4 Å². The number of hydrogen-bond acceptors (Lipinski definition) is 3. The second kappa shape index (κ2) is 9.23. The molecule has 1 aromatic carbocycles. The van der Waals surface area contributed by atoms with Crippen molar-refractivity contribution < 1.29 is 14.7 Å². The maximum Gasteiger partial charge on any atom is 0.303 e. The zero-order chi connectivity index (χ0) is 17.4. The van der Waals surface area contributed by atoms with Gasteiger partial charge in [0.15, 0.2) is 0 Å². The van der Waals surface area contributed by atoms with Gasteiger partial charge in [0.2, 0.25) is 5.91 Å². The molecule has 2 rings (SSSR count). The quantitative estimate of drug-likeness (QED) is 0.719. The summed E-state index contributed by atoms with van der Waals surface area (Å²) in [4.78, 5) is 25.6. The van der Waals surface area contributed by atoms with Crippen LogP contribution in [0.4, 0.5) is 0 Å². The number of thiophene rings is 1. The van der Waals surface area contributed by atoms with Gasteiger partial charge in [0.1, 0.15) is 0 Å². The van der Waals surface area contributed by atoms with Gasteiger partial charge in [-0.05, 0) is 43.9 Å². The van der Waals surface area contributed by atoms with Crippen molar-refractivity contribution in [2.24, 2.45) is 0 Å². The van der Waals surface area contributed by atoms with Crippen LogP contribution in [0, 0.1) is 6.92 Å². The average molecular weight is 345 g/mol. The van der Waals surface area contributed by atoms with Crippen LogP contribution in [0.3, 0.4) is 0 Å². The van der Waals surface area contributed by atoms with Crippen LogP contribution in [0.2, 0.25) is 0 Å². The number of hydrogen-bond donors (Lipinski definition) is 2. The van der Waals surface area contributed by atoms with Crippen molar-refractivity contribution in [3.63, 3.8) is 0 Å². The highest BCUT2D eigenvalue weighted by Crippen LogP contribution is 2.20. The molecule has 24 heavy (non-hydrogen) atoms. The minimum Gasteiger partial charge on any atom is -0.481 e. The van der Waals surface area contributed by atoms with Gasteiger partial charge in [0, 0.05) is 22.6 Å². The van der Waals surface area contributed by atoms with Crippen molar-refractivity contribution >= 4 is 23.2 Å². The molecule has 0 fully saturated rings. The van der Waals surface area contributed by atoms with E-state index in [1.165, 1.54) is 9.75 Å². The van der Waals surface area contributed by atoms with E-state index in [9.17, 15) is 9.59 Å². The summed E-state index contributed by atoms with van der Waals surface area (Å²) in [5, 5.41) is 11.9. The lowest BCUT2D eigenvalue weighted by Crippen LogP contribution is -2.28. The Hall–Kier alpha value is -2.14. The number of carboxylic acid groups (broad SMARTS) is 1. The zero-order valence-corrected chi connectivity index (χ0v) is 14.6. The summed E-state index contributed by atoms with van der Waals surface area (Å²) in [6.45, 7) is 2.08. The Morgan fingerprint density at radius 3 is 2.50 bits per heavy atom. The third-order valence-corrected chi connectivity index (χ3v) is 4.87. The van der Waals surface area contributed by atoms with Crippen LogP contribution in [-0.4, -0.2) is 17.0 Å². The number of rotatable bonds is 9. The second-order valence-corrected chi connectivity index (χ2v) is 7.20. The number of benzene rings is 1. The van der Waals surface area contributed by atoms with Gasteiger partial charge in [0.05, 0.1) is 6.04 Å². The minimum atomic E-state index is -0.849. The molecule has 5 heteroatoms. The van der Waals surface area contributed by atoms with E-state index < -0.39 is 5.97 Å². The molecular formula is C19H23NO3S. The maximum atomic E-state index is 12.2. The molecule has 128 valence electrons. The van der Waals surface area contributed by atoms with Gasteiger partial charge in [-0.15, -0.1) is 11.3 Å². The first-order chi connectivity index (χ1) is 11.5. The van der Waals surface area contributed by atoms with Gasteiger partial charge < -0.3 is 10.4 Å². The molecule has 0 aliphatic rings. The van der Waals surface area contributed by atoms with Crippen LogP contribution in [0.1, 0.15) is 47.0 Å². The molecule has 0 saturated carbocycles. The van der Waals surface area contributed by atoms with Gasteiger partial charge in [0.25, 0.3) is 0 Å². The van der Waals surface area contributed by atoms with E-state index in [1.807, 2.05) is 30.3 Å². The highest BCUT2D eigenvalue weighted by Gasteiger charge is 2.15. The molecule has 1 aromatic heterocycles. The van der Waals surface area contributed by atoms with Crippen LogP contribution < -0.4 is 5.32 Å². The smallest absolute Gasteiger partial charge is 0.303 e. The van der Waals surface area contributed by atoms with Crippen molar-refractivity contribution in [2.45, 2.75) is 45.1 Å². The summed E-state index contributed by atoms with van der Waals surface area (Å²) in [5.74, 6) is -0.874. The summed E-state index contributed by atoms with van der Waals surface area (Å²) in [6, 6.07) is 13.5. The molecule has 1 heterocycles. The fourth-order valence-corrected chi connectivity index (χ4v) is 3.52. The Labute approximate surface area is 146 Å². The lowest BCUT2D eigenvalue weighted by atomic mass is 10.0. The van der Waals surface area contributed by atoms with E-state index in [4.69, 9.17) is 5.11 Å². The number of carbonyl (C=O) groups is 2. The number of carbonyl (C=O) groups excluding carboxylic acids is 1. The van der Waals surface area contributed by atoms with Crippen molar-refractivity contribution in [3.8, 4) is 0 Å². The van der Waals surface area contributed by atoms with Gasteiger partial charge >= 0.3 is 5.97 Å². The first kappa shape index (κ1) is 18.2. The highest BCUT2D eigenvalue weighted by molar-refractivity contribution is 7.11. The van der Waals surface area contributed by atoms with Crippen LogP contribution >= 0.6 is 11.3 Å². The lowest BCUT2D eigenvalue weighted by Gasteiger charge is -2.18. The first-order valence-corrected chi connectivity index (χ1v) is 8.97. The molecule has 0 aliphatic carbocycles. The normalized spacial score (nSPS) is 11.9. The monoisotopic (exact) mass is 345 g/mol. The molecule has 1 unspecified atom stereocenters. The SMILES string of the molecule is Cc1ccc(CCCC(=O)NC(CCC(=O)O)c2ccccc2)s1. The van der Waals surface area contributed by atoms with Gasteiger partial charge in [-0.25, -0.2) is 0 Å². The van der Waals surface area contributed by atoms with Crippen molar-refractivity contribution in [1.82, 2.24) is 5.32 Å². The van der Waals surface area contributed by atoms with Crippen LogP contribution in [-0.2, 0) is 16.0 Å². The Kier molecular flexibility index (Phi) is 7.00. The average Bonchev–Trinajstić information content (AvgIpc) is 2.97. The Morgan fingerprint density at radius 1 is 1.12 bits per heavy atom. The third-order valence-electron chi connectivity index (χ3n) is 3.81. The van der Waals surface area contributed by atoms with Gasteiger partial charge in [-0.1, -0.05) is 30.3 Å². The fraction of sp³-hybridized carbons (Fsp3) is 0.368. The number of carboxylic acids is 1. The molecule has 0 spiro atoms. The molecule has 2 N–H and O–H groups in total. The Balaban J connectivity index is 1.85. The fourth-order valence-electron chi connectivity index (χ4n) is 2.58. The van der Waals surface area contributed by atoms with Gasteiger partial charge in [-0.2, -0.15) is 0 Å². The lowest BCUT2D eigenvalue weighted by molar-refractivity contribution is -0.137. The van der Waals surface area contributed by atoms with E-state index in [-0.39, 0.29) is 18.4 Å². The predicted octanol–water partition coefficient (Wildman–Crippen LogP) is 4.10. The van der Waals surface area contributed by atoms with E-state index >= 15 is 0 Å². The molecule has 1 amide bonds. The number of aliphatic carboxylic acids is 1. The third kappa shape index (κ3) is 6.16. The van der Waals surface area contributed by atoms with Crippen molar-refractivity contribution in [1.29, 1.82) is 0 Å². The van der Waals surface area contributed by atoms with Gasteiger partial charge in [-0.3, -0.25) is 9.59 Å². The minimum absolute atomic E-state index is 0.0254. The van der Waals surface area contributed by atoms with Crippen molar-refractivity contribution in [3.05, 3.63) is 57.8 Å². The molecule has 0 bridgehead atoms. The zero-order valence-electron chi connectivity index (χ0n) is 13.8. The Morgan fingerprint density at radius 2 is 1.88 bits per heavy atom. The first-order valence-electron chi connectivity index (χ1n) is 8.16. The number of amides is 1. The summed E-state index contributed by atoms with van der Waals surface area (Å²) in [7, 11) is 0. The maximum absolute atomic E-state index is 12.2. The molecule has 0 radical (unpaired) electrons. The van der Waals surface area contributed by atoms with E-state index in [1.54, 1.807) is 11.3 Å². The Bertz CT molecular complexity index is 666. The van der Waals surface area contributed by atoms with Crippen LogP contribution in [0.5, 0.6) is 0 Å². The molecule has 2 aromatic rings. The van der Waals surface area contributed by atoms with Crippen molar-refractivity contribution in [2.75, 3.05) is 0 Å². The second-order valence-electron chi connectivity index (χ2n) is 5.83. The molecule has 1 atom stereocenters. The number of nitrogens with one attached hydrogen (secondary N) is 1. The molecule has 0 aliphatic heterocycles. The summed E-state index contributed by atoms with van der Waals surface area (Å²) >= 11 is 1.76. The standard InChI is InChI=1S/C19H23NO3S/c1-14-10-11-16(24-14)8-5-9-18(21)20-17(12-13-19(22)23)15-6-3-2-4-7-15/h2-4,6-7,10-11,17H,5,8-9,12-13H2,1H3,(H,20,21)(H,22,23). The van der Waals surface area contributed by atoms with Crippen LogP contribution in [0.25, 0.3) is 0 Å². The number of aryl methyl sites for hydroxylation is 2. The summed E-state index contributed by atoms with van der Waals surface area (Å²) in [5.41, 5.74) is 0.945.